The Bertz CT molecular complexity index is 1310. The summed E-state index contributed by atoms with van der Waals surface area (Å²) in [5.41, 5.74) is 4.79. The first-order valence-electron chi connectivity index (χ1n) is 12.7. The third kappa shape index (κ3) is 4.90. The zero-order valence-electron chi connectivity index (χ0n) is 21.4. The van der Waals surface area contributed by atoms with Crippen molar-refractivity contribution in [3.8, 4) is 11.5 Å². The number of amides is 1. The lowest BCUT2D eigenvalue weighted by Gasteiger charge is -2.36. The predicted molar refractivity (Wildman–Crippen MR) is 139 cm³/mol. The quantitative estimate of drug-likeness (QED) is 0.565. The van der Waals surface area contributed by atoms with E-state index < -0.39 is 5.92 Å². The molecule has 0 spiro atoms. The summed E-state index contributed by atoms with van der Waals surface area (Å²) in [5, 5.41) is 2.87. The van der Waals surface area contributed by atoms with Crippen molar-refractivity contribution >= 4 is 23.2 Å². The van der Waals surface area contributed by atoms with E-state index in [2.05, 4.69) is 5.32 Å². The number of methoxy groups -OCH3 is 1. The molecule has 7 nitrogen and oxygen atoms in total. The molecule has 2 aromatic carbocycles. The van der Waals surface area contributed by atoms with Gasteiger partial charge in [0.2, 0.25) is 0 Å². The van der Waals surface area contributed by atoms with Crippen molar-refractivity contribution in [3.05, 3.63) is 75.8 Å². The van der Waals surface area contributed by atoms with Crippen molar-refractivity contribution in [1.29, 1.82) is 0 Å². The minimum atomic E-state index is -0.477. The molecule has 192 valence electrons. The van der Waals surface area contributed by atoms with Crippen LogP contribution in [0.1, 0.15) is 61.1 Å². The first-order valence-corrected chi connectivity index (χ1v) is 12.7. The molecule has 0 saturated heterocycles. The van der Waals surface area contributed by atoms with Gasteiger partial charge in [0.25, 0.3) is 5.91 Å². The number of carbonyl (C=O) groups excluding carboxylic acids is 3. The summed E-state index contributed by atoms with van der Waals surface area (Å²) in [4.78, 5) is 38.6. The third-order valence-corrected chi connectivity index (χ3v) is 7.18. The number of aryl methyl sites for hydroxylation is 2. The van der Waals surface area contributed by atoms with Gasteiger partial charge in [-0.2, -0.15) is 0 Å². The van der Waals surface area contributed by atoms with Gasteiger partial charge in [0.05, 0.1) is 7.11 Å². The number of ketones is 2. The summed E-state index contributed by atoms with van der Waals surface area (Å²) in [6.07, 6.45) is 3.78. The highest BCUT2D eigenvalue weighted by Crippen LogP contribution is 2.48. The highest BCUT2D eigenvalue weighted by atomic mass is 16.5. The average molecular weight is 502 g/mol. The zero-order valence-corrected chi connectivity index (χ0v) is 21.4. The number of anilines is 1. The van der Waals surface area contributed by atoms with Crippen LogP contribution >= 0.6 is 0 Å². The molecule has 2 aromatic rings. The Morgan fingerprint density at radius 3 is 2.22 bits per heavy atom. The number of Topliss-reactive ketones (excluding diaryl/α,β-unsaturated/α-hetero) is 2. The van der Waals surface area contributed by atoms with Crippen LogP contribution in [0.3, 0.4) is 0 Å². The fourth-order valence-corrected chi connectivity index (χ4v) is 5.42. The molecule has 0 fully saturated rings. The molecule has 1 heterocycles. The van der Waals surface area contributed by atoms with Gasteiger partial charge in [-0.15, -0.1) is 0 Å². The second-order valence-corrected chi connectivity index (χ2v) is 9.83. The molecule has 5 rings (SSSR count). The predicted octanol–water partition coefficient (Wildman–Crippen LogP) is 5.46. The van der Waals surface area contributed by atoms with Gasteiger partial charge in [-0.25, -0.2) is 0 Å². The Morgan fingerprint density at radius 2 is 1.59 bits per heavy atom. The van der Waals surface area contributed by atoms with Crippen LogP contribution in [0.5, 0.6) is 11.5 Å². The zero-order chi connectivity index (χ0) is 26.1. The van der Waals surface area contributed by atoms with Gasteiger partial charge in [0.15, 0.2) is 29.7 Å². The SMILES string of the molecule is COc1cc(C2C3=C(CCCC3=O)OC3=C2C(=O)CCC3)ccc1OCC(=O)Nc1ccc(C)cc1C. The van der Waals surface area contributed by atoms with Crippen molar-refractivity contribution in [2.75, 3.05) is 19.0 Å². The Balaban J connectivity index is 1.40. The molecule has 0 radical (unpaired) electrons. The molecule has 7 heteroatoms. The van der Waals surface area contributed by atoms with Gasteiger partial charge in [0.1, 0.15) is 11.5 Å². The number of hydrogen-bond donors (Lipinski definition) is 1. The minimum Gasteiger partial charge on any atom is -0.493 e. The lowest BCUT2D eigenvalue weighted by molar-refractivity contribution is -0.119. The Kier molecular flexibility index (Phi) is 6.87. The van der Waals surface area contributed by atoms with Gasteiger partial charge in [0, 0.05) is 48.4 Å². The van der Waals surface area contributed by atoms with Crippen LogP contribution in [0.25, 0.3) is 0 Å². The topological polar surface area (TPSA) is 90.9 Å². The van der Waals surface area contributed by atoms with E-state index in [1.165, 1.54) is 7.11 Å². The highest BCUT2D eigenvalue weighted by Gasteiger charge is 2.42. The molecule has 0 bridgehead atoms. The monoisotopic (exact) mass is 501 g/mol. The Hall–Kier alpha value is -3.87. The molecule has 1 aliphatic heterocycles. The van der Waals surface area contributed by atoms with Gasteiger partial charge >= 0.3 is 0 Å². The summed E-state index contributed by atoms with van der Waals surface area (Å²) in [5.74, 6) is 1.51. The Labute approximate surface area is 216 Å². The maximum absolute atomic E-state index is 13.0. The van der Waals surface area contributed by atoms with E-state index in [4.69, 9.17) is 14.2 Å². The van der Waals surface area contributed by atoms with E-state index in [0.29, 0.717) is 59.8 Å². The molecule has 0 aromatic heterocycles. The van der Waals surface area contributed by atoms with E-state index in [-0.39, 0.29) is 24.1 Å². The van der Waals surface area contributed by atoms with E-state index >= 15 is 0 Å². The molecular formula is C30H31NO6. The second-order valence-electron chi connectivity index (χ2n) is 9.83. The lowest BCUT2D eigenvalue weighted by atomic mass is 9.73. The molecule has 0 atom stereocenters. The van der Waals surface area contributed by atoms with Crippen LogP contribution in [0, 0.1) is 13.8 Å². The molecule has 3 aliphatic rings. The second kappa shape index (κ2) is 10.2. The van der Waals surface area contributed by atoms with E-state index in [1.807, 2.05) is 38.1 Å². The first-order chi connectivity index (χ1) is 17.9. The van der Waals surface area contributed by atoms with Crippen molar-refractivity contribution in [3.63, 3.8) is 0 Å². The van der Waals surface area contributed by atoms with Crippen LogP contribution in [0.15, 0.2) is 59.1 Å². The van der Waals surface area contributed by atoms with Crippen LogP contribution in [-0.4, -0.2) is 31.2 Å². The molecule has 1 N–H and O–H groups in total. The van der Waals surface area contributed by atoms with Gasteiger partial charge in [-0.05, 0) is 56.0 Å². The first kappa shape index (κ1) is 24.8. The number of rotatable bonds is 6. The summed E-state index contributed by atoms with van der Waals surface area (Å²) in [6, 6.07) is 11.2. The molecule has 37 heavy (non-hydrogen) atoms. The lowest BCUT2D eigenvalue weighted by Crippen LogP contribution is -2.30. The van der Waals surface area contributed by atoms with Gasteiger partial charge < -0.3 is 19.5 Å². The summed E-state index contributed by atoms with van der Waals surface area (Å²) < 4.78 is 17.5. The number of ether oxygens (including phenoxy) is 3. The summed E-state index contributed by atoms with van der Waals surface area (Å²) >= 11 is 0. The number of carbonyl (C=O) groups is 3. The molecular weight excluding hydrogens is 470 g/mol. The smallest absolute Gasteiger partial charge is 0.262 e. The van der Waals surface area contributed by atoms with E-state index in [9.17, 15) is 14.4 Å². The maximum atomic E-state index is 13.0. The maximum Gasteiger partial charge on any atom is 0.262 e. The fraction of sp³-hybridized carbons (Fsp3) is 0.367. The minimum absolute atomic E-state index is 0.0264. The highest BCUT2D eigenvalue weighted by molar-refractivity contribution is 6.05. The fourth-order valence-electron chi connectivity index (χ4n) is 5.42. The van der Waals surface area contributed by atoms with Crippen molar-refractivity contribution in [1.82, 2.24) is 0 Å². The molecule has 2 aliphatic carbocycles. The van der Waals surface area contributed by atoms with Crippen molar-refractivity contribution in [2.24, 2.45) is 0 Å². The third-order valence-electron chi connectivity index (χ3n) is 7.18. The normalized spacial score (nSPS) is 17.7. The summed E-state index contributed by atoms with van der Waals surface area (Å²) in [7, 11) is 1.53. The Morgan fingerprint density at radius 1 is 0.919 bits per heavy atom. The summed E-state index contributed by atoms with van der Waals surface area (Å²) in [6.45, 7) is 3.75. The van der Waals surface area contributed by atoms with Crippen LogP contribution in [0.4, 0.5) is 5.69 Å². The largest absolute Gasteiger partial charge is 0.493 e. The molecule has 1 amide bonds. The average Bonchev–Trinajstić information content (AvgIpc) is 2.88. The van der Waals surface area contributed by atoms with Gasteiger partial charge in [-0.1, -0.05) is 23.8 Å². The van der Waals surface area contributed by atoms with Crippen molar-refractivity contribution in [2.45, 2.75) is 58.3 Å². The van der Waals surface area contributed by atoms with E-state index in [0.717, 1.165) is 35.2 Å². The van der Waals surface area contributed by atoms with Gasteiger partial charge in [-0.3, -0.25) is 14.4 Å². The number of hydrogen-bond acceptors (Lipinski definition) is 6. The number of benzene rings is 2. The van der Waals surface area contributed by atoms with Crippen LogP contribution in [0.2, 0.25) is 0 Å². The number of nitrogens with one attached hydrogen (secondary N) is 1. The number of allylic oxidation sites excluding steroid dienone is 4. The van der Waals surface area contributed by atoms with E-state index in [1.54, 1.807) is 12.1 Å². The molecule has 0 saturated carbocycles. The van der Waals surface area contributed by atoms with Crippen molar-refractivity contribution < 1.29 is 28.6 Å². The molecule has 0 unspecified atom stereocenters. The van der Waals surface area contributed by atoms with Crippen LogP contribution < -0.4 is 14.8 Å². The standard InChI is InChI=1S/C30H31NO6/c1-17-10-12-20(18(2)14-17)31-27(34)16-36-23-13-11-19(15-26(23)35-3)28-29-21(32)6-4-8-24(29)37-25-9-5-7-22(33)30(25)28/h10-15,28H,4-9,16H2,1-3H3,(H,31,34). The van der Waals surface area contributed by atoms with Crippen LogP contribution in [-0.2, 0) is 19.1 Å².